The number of nitrogens with zero attached hydrogens (tertiary/aromatic N) is 2. The van der Waals surface area contributed by atoms with E-state index in [1.54, 1.807) is 0 Å². The van der Waals surface area contributed by atoms with Crippen molar-refractivity contribution in [3.63, 3.8) is 0 Å². The third-order valence-electron chi connectivity index (χ3n) is 12.3. The minimum absolute atomic E-state index is 1.02. The number of rotatable bonds is 4. The van der Waals surface area contributed by atoms with Crippen molar-refractivity contribution in [3.8, 4) is 22.3 Å². The van der Waals surface area contributed by atoms with E-state index in [9.17, 15) is 0 Å². The van der Waals surface area contributed by atoms with E-state index < -0.39 is 0 Å². The van der Waals surface area contributed by atoms with E-state index >= 15 is 0 Å². The van der Waals surface area contributed by atoms with Crippen LogP contribution in [0.15, 0.2) is 152 Å². The Labute approximate surface area is 317 Å². The monoisotopic (exact) mass is 694 g/mol. The van der Waals surface area contributed by atoms with E-state index in [0.29, 0.717) is 0 Å². The van der Waals surface area contributed by atoms with Gasteiger partial charge in [0.2, 0.25) is 0 Å². The molecule has 0 bridgehead atoms. The number of fused-ring (bicyclic) bond motifs is 6. The minimum Gasteiger partial charge on any atom is -0.341 e. The summed E-state index contributed by atoms with van der Waals surface area (Å²) >= 11 is 0. The maximum atomic E-state index is 2.56. The van der Waals surface area contributed by atoms with Gasteiger partial charge < -0.3 is 9.80 Å². The Morgan fingerprint density at radius 1 is 0.426 bits per heavy atom. The van der Waals surface area contributed by atoms with Gasteiger partial charge in [-0.05, 0) is 152 Å². The van der Waals surface area contributed by atoms with Gasteiger partial charge in [-0.2, -0.15) is 0 Å². The van der Waals surface area contributed by atoms with Crippen molar-refractivity contribution < 1.29 is 0 Å². The quantitative estimate of drug-likeness (QED) is 0.169. The van der Waals surface area contributed by atoms with Crippen LogP contribution in [0.5, 0.6) is 0 Å². The van der Waals surface area contributed by atoms with E-state index in [1.807, 2.05) is 0 Å². The van der Waals surface area contributed by atoms with E-state index in [0.717, 1.165) is 51.6 Å². The normalized spacial score (nSPS) is 15.0. The van der Waals surface area contributed by atoms with Crippen LogP contribution >= 0.6 is 0 Å². The smallest absolute Gasteiger partial charge is 0.0443 e. The van der Waals surface area contributed by atoms with Gasteiger partial charge in [0.1, 0.15) is 0 Å². The maximum Gasteiger partial charge on any atom is 0.0443 e. The van der Waals surface area contributed by atoms with Crippen molar-refractivity contribution >= 4 is 61.1 Å². The Hall–Kier alpha value is -6.12. The molecule has 0 amide bonds. The Kier molecular flexibility index (Phi) is 7.43. The molecule has 2 nitrogen and oxygen atoms in total. The highest BCUT2D eigenvalue weighted by Gasteiger charge is 2.25. The van der Waals surface area contributed by atoms with E-state index in [1.165, 1.54) is 99.6 Å². The predicted molar refractivity (Wildman–Crippen MR) is 231 cm³/mol. The first kappa shape index (κ1) is 31.4. The van der Waals surface area contributed by atoms with Gasteiger partial charge >= 0.3 is 0 Å². The Morgan fingerprint density at radius 2 is 1.06 bits per heavy atom. The zero-order chi connectivity index (χ0) is 35.6. The lowest BCUT2D eigenvalue weighted by Crippen LogP contribution is -2.24. The first-order valence-electron chi connectivity index (χ1n) is 19.8. The molecule has 8 aromatic rings. The van der Waals surface area contributed by atoms with Crippen LogP contribution in [-0.2, 0) is 19.3 Å². The summed E-state index contributed by atoms with van der Waals surface area (Å²) in [5.74, 6) is 0. The fraction of sp³-hybridized carbons (Fsp3) is 0.154. The molecule has 11 rings (SSSR count). The highest BCUT2D eigenvalue weighted by atomic mass is 15.1. The Balaban J connectivity index is 1.26. The standard InChI is InChI=1S/C52H42N2/c1-2-16-39-32-40(25-24-35(39)12-1)51-45-28-26-41(53-30-10-18-37-14-4-7-22-49(37)53)33-47(45)52(44-21-9-17-36-13-3-6-20-43(36)44)48-34-42(27-29-46(48)51)54-31-11-19-38-15-5-8-23-50(38)54/h1,3-9,12-15,17,20-29,32-34H,2,10-11,16,18-19,30-31H2. The third-order valence-corrected chi connectivity index (χ3v) is 12.3. The summed E-state index contributed by atoms with van der Waals surface area (Å²) in [5, 5.41) is 7.79. The summed E-state index contributed by atoms with van der Waals surface area (Å²) in [6.45, 7) is 2.03. The van der Waals surface area contributed by atoms with Crippen molar-refractivity contribution in [2.75, 3.05) is 22.9 Å². The lowest BCUT2D eigenvalue weighted by Gasteiger charge is -2.32. The van der Waals surface area contributed by atoms with E-state index in [4.69, 9.17) is 0 Å². The largest absolute Gasteiger partial charge is 0.341 e. The molecule has 0 saturated carbocycles. The molecule has 0 aromatic heterocycles. The van der Waals surface area contributed by atoms with Crippen LogP contribution in [0.1, 0.15) is 41.5 Å². The van der Waals surface area contributed by atoms with Crippen molar-refractivity contribution in [2.45, 2.75) is 38.5 Å². The number of anilines is 4. The zero-order valence-corrected chi connectivity index (χ0v) is 30.6. The van der Waals surface area contributed by atoms with Gasteiger partial charge in [-0.3, -0.25) is 0 Å². The molecule has 260 valence electrons. The number of allylic oxidation sites excluding steroid dienone is 1. The summed E-state index contributed by atoms with van der Waals surface area (Å²) in [4.78, 5) is 5.11. The summed E-state index contributed by atoms with van der Waals surface area (Å²) in [6, 6.07) is 55.6. The molecular weight excluding hydrogens is 653 g/mol. The highest BCUT2D eigenvalue weighted by molar-refractivity contribution is 6.24. The fourth-order valence-electron chi connectivity index (χ4n) is 9.78. The molecule has 1 aliphatic carbocycles. The fourth-order valence-corrected chi connectivity index (χ4v) is 9.78. The van der Waals surface area contributed by atoms with Gasteiger partial charge in [-0.15, -0.1) is 0 Å². The highest BCUT2D eigenvalue weighted by Crippen LogP contribution is 2.49. The van der Waals surface area contributed by atoms with Gasteiger partial charge in [0.05, 0.1) is 0 Å². The first-order chi connectivity index (χ1) is 26.8. The molecule has 8 aromatic carbocycles. The van der Waals surface area contributed by atoms with E-state index in [-0.39, 0.29) is 0 Å². The molecule has 2 aliphatic heterocycles. The van der Waals surface area contributed by atoms with Crippen LogP contribution in [0.25, 0.3) is 60.6 Å². The van der Waals surface area contributed by atoms with Crippen molar-refractivity contribution in [1.82, 2.24) is 0 Å². The van der Waals surface area contributed by atoms with Gasteiger partial charge in [0.25, 0.3) is 0 Å². The van der Waals surface area contributed by atoms with Crippen LogP contribution in [0.4, 0.5) is 22.7 Å². The van der Waals surface area contributed by atoms with Crippen molar-refractivity contribution in [1.29, 1.82) is 0 Å². The number of aryl methyl sites for hydroxylation is 3. The van der Waals surface area contributed by atoms with Crippen LogP contribution in [-0.4, -0.2) is 13.1 Å². The second-order valence-electron chi connectivity index (χ2n) is 15.4. The second kappa shape index (κ2) is 12.8. The van der Waals surface area contributed by atoms with Crippen LogP contribution in [0.2, 0.25) is 0 Å². The molecule has 3 aliphatic rings. The molecular formula is C52H42N2. The van der Waals surface area contributed by atoms with Gasteiger partial charge in [0, 0.05) is 35.8 Å². The lowest BCUT2D eigenvalue weighted by molar-refractivity contribution is 0.767. The summed E-state index contributed by atoms with van der Waals surface area (Å²) in [5.41, 5.74) is 16.1. The summed E-state index contributed by atoms with van der Waals surface area (Å²) in [7, 11) is 0. The summed E-state index contributed by atoms with van der Waals surface area (Å²) in [6.07, 6.45) is 11.4. The number of benzene rings is 8. The molecule has 0 N–H and O–H groups in total. The predicted octanol–water partition coefficient (Wildman–Crippen LogP) is 13.6. The molecule has 0 saturated heterocycles. The van der Waals surface area contributed by atoms with E-state index in [2.05, 4.69) is 168 Å². The molecule has 0 unspecified atom stereocenters. The maximum absolute atomic E-state index is 2.56. The molecule has 2 heterocycles. The Morgan fingerprint density at radius 3 is 1.76 bits per heavy atom. The first-order valence-corrected chi connectivity index (χ1v) is 19.8. The minimum atomic E-state index is 1.02. The third kappa shape index (κ3) is 5.08. The SMILES string of the molecule is C1=Cc2ccc(-c3c4ccc(N5CCCc6ccccc65)cc4c(-c4cccc5ccccc45)c4cc(N5CCCc6ccccc65)ccc34)cc2CC1. The number of para-hydroxylation sites is 2. The van der Waals surface area contributed by atoms with Crippen LogP contribution in [0, 0.1) is 0 Å². The van der Waals surface area contributed by atoms with Gasteiger partial charge in [0.15, 0.2) is 0 Å². The molecule has 0 radical (unpaired) electrons. The van der Waals surface area contributed by atoms with Crippen LogP contribution < -0.4 is 9.80 Å². The molecule has 0 spiro atoms. The van der Waals surface area contributed by atoms with Gasteiger partial charge in [-0.25, -0.2) is 0 Å². The second-order valence-corrected chi connectivity index (χ2v) is 15.4. The van der Waals surface area contributed by atoms with Crippen molar-refractivity contribution in [2.24, 2.45) is 0 Å². The number of hydrogen-bond acceptors (Lipinski definition) is 2. The summed E-state index contributed by atoms with van der Waals surface area (Å²) < 4.78 is 0. The van der Waals surface area contributed by atoms with Crippen LogP contribution in [0.3, 0.4) is 0 Å². The zero-order valence-electron chi connectivity index (χ0n) is 30.6. The topological polar surface area (TPSA) is 6.48 Å². The molecule has 0 fully saturated rings. The number of hydrogen-bond donors (Lipinski definition) is 0. The van der Waals surface area contributed by atoms with Gasteiger partial charge in [-0.1, -0.05) is 121 Å². The molecule has 2 heteroatoms. The lowest BCUT2D eigenvalue weighted by atomic mass is 9.83. The molecule has 54 heavy (non-hydrogen) atoms. The average molecular weight is 695 g/mol. The molecule has 0 atom stereocenters. The van der Waals surface area contributed by atoms with Crippen molar-refractivity contribution in [3.05, 3.63) is 174 Å². The average Bonchev–Trinajstić information content (AvgIpc) is 3.24. The Bertz CT molecular complexity index is 2680.